The van der Waals surface area contributed by atoms with E-state index >= 15 is 0 Å². The summed E-state index contributed by atoms with van der Waals surface area (Å²) in [7, 11) is 3.73. The van der Waals surface area contributed by atoms with Gasteiger partial charge in [-0.1, -0.05) is 24.6 Å². The summed E-state index contributed by atoms with van der Waals surface area (Å²) in [5.74, 6) is -1.18. The number of halogens is 1. The van der Waals surface area contributed by atoms with Gasteiger partial charge < -0.3 is 24.7 Å². The van der Waals surface area contributed by atoms with Crippen LogP contribution in [0.15, 0.2) is 48.0 Å². The van der Waals surface area contributed by atoms with Crippen molar-refractivity contribution in [3.63, 3.8) is 0 Å². The van der Waals surface area contributed by atoms with Gasteiger partial charge in [-0.3, -0.25) is 9.59 Å². The number of carbonyl (C=O) groups is 2. The van der Waals surface area contributed by atoms with E-state index in [1.54, 1.807) is 30.3 Å². The number of aliphatic hydroxyl groups is 1. The van der Waals surface area contributed by atoms with Gasteiger partial charge in [0, 0.05) is 18.7 Å². The van der Waals surface area contributed by atoms with E-state index < -0.39 is 17.7 Å². The smallest absolute Gasteiger partial charge is 0.295 e. The standard InChI is InChI=1S/C24H27ClN2O5/c1-4-13-32-17-8-5-15(6-9-17)22(29)20-21(16-7-10-19(28)18(25)14-16)27(12-11-26(2)3)24(31)23(20)30/h5-10,14,21,28-29H,4,11-13H2,1-3H3/b22-20-. The number of nitrogens with zero attached hydrogens (tertiary/aromatic N) is 2. The van der Waals surface area contributed by atoms with Crippen LogP contribution >= 0.6 is 11.6 Å². The molecule has 2 N–H and O–H groups in total. The number of aromatic hydroxyl groups is 1. The fourth-order valence-corrected chi connectivity index (χ4v) is 3.73. The van der Waals surface area contributed by atoms with Crippen molar-refractivity contribution in [2.24, 2.45) is 0 Å². The first-order chi connectivity index (χ1) is 15.2. The normalized spacial score (nSPS) is 17.9. The molecule has 8 heteroatoms. The lowest BCUT2D eigenvalue weighted by molar-refractivity contribution is -0.140. The number of hydrogen-bond donors (Lipinski definition) is 2. The maximum absolute atomic E-state index is 13.0. The molecule has 1 aliphatic rings. The van der Waals surface area contributed by atoms with Gasteiger partial charge in [0.15, 0.2) is 0 Å². The first-order valence-electron chi connectivity index (χ1n) is 10.4. The van der Waals surface area contributed by atoms with Crippen LogP contribution in [0.25, 0.3) is 5.76 Å². The van der Waals surface area contributed by atoms with Crippen molar-refractivity contribution in [3.8, 4) is 11.5 Å². The fraction of sp³-hybridized carbons (Fsp3) is 0.333. The maximum Gasteiger partial charge on any atom is 0.295 e. The molecule has 32 heavy (non-hydrogen) atoms. The van der Waals surface area contributed by atoms with Crippen molar-refractivity contribution in [3.05, 3.63) is 64.2 Å². The summed E-state index contributed by atoms with van der Waals surface area (Å²) in [4.78, 5) is 29.2. The Balaban J connectivity index is 2.08. The Morgan fingerprint density at radius 3 is 2.44 bits per heavy atom. The van der Waals surface area contributed by atoms with Crippen molar-refractivity contribution >= 4 is 29.1 Å². The second-order valence-corrected chi connectivity index (χ2v) is 8.29. The van der Waals surface area contributed by atoms with Gasteiger partial charge in [-0.05, 0) is 62.5 Å². The lowest BCUT2D eigenvalue weighted by Gasteiger charge is -2.26. The van der Waals surface area contributed by atoms with Gasteiger partial charge in [-0.15, -0.1) is 0 Å². The average molecular weight is 459 g/mol. The summed E-state index contributed by atoms with van der Waals surface area (Å²) in [6.45, 7) is 3.38. The molecule has 0 spiro atoms. The summed E-state index contributed by atoms with van der Waals surface area (Å²) in [6, 6.07) is 10.4. The molecule has 7 nitrogen and oxygen atoms in total. The molecule has 2 aromatic carbocycles. The van der Waals surface area contributed by atoms with Gasteiger partial charge in [-0.25, -0.2) is 0 Å². The van der Waals surface area contributed by atoms with Crippen molar-refractivity contribution in [2.75, 3.05) is 33.8 Å². The first-order valence-corrected chi connectivity index (χ1v) is 10.8. The predicted octanol–water partition coefficient (Wildman–Crippen LogP) is 3.82. The molecule has 0 aromatic heterocycles. The molecule has 1 atom stereocenters. The third-order valence-electron chi connectivity index (χ3n) is 5.22. The number of Topliss-reactive ketones (excluding diaryl/α,β-unsaturated/α-hetero) is 1. The molecule has 1 aliphatic heterocycles. The fourth-order valence-electron chi connectivity index (χ4n) is 3.54. The highest BCUT2D eigenvalue weighted by molar-refractivity contribution is 6.46. The molecule has 0 radical (unpaired) electrons. The van der Waals surface area contributed by atoms with E-state index in [-0.39, 0.29) is 28.6 Å². The van der Waals surface area contributed by atoms with Crippen LogP contribution in [-0.4, -0.2) is 65.5 Å². The number of benzene rings is 2. The van der Waals surface area contributed by atoms with Gasteiger partial charge in [-0.2, -0.15) is 0 Å². The predicted molar refractivity (Wildman–Crippen MR) is 123 cm³/mol. The van der Waals surface area contributed by atoms with Crippen molar-refractivity contribution < 1.29 is 24.5 Å². The Labute approximate surface area is 192 Å². The molecule has 0 aliphatic carbocycles. The summed E-state index contributed by atoms with van der Waals surface area (Å²) >= 11 is 6.10. The summed E-state index contributed by atoms with van der Waals surface area (Å²) in [6.07, 6.45) is 0.868. The molecule has 3 rings (SSSR count). The molecule has 1 saturated heterocycles. The number of ketones is 1. The van der Waals surface area contributed by atoms with Crippen LogP contribution in [-0.2, 0) is 9.59 Å². The van der Waals surface area contributed by atoms with Gasteiger partial charge >= 0.3 is 0 Å². The number of ether oxygens (including phenoxy) is 1. The highest BCUT2D eigenvalue weighted by Gasteiger charge is 2.46. The number of amides is 1. The molecule has 0 bridgehead atoms. The second-order valence-electron chi connectivity index (χ2n) is 7.88. The zero-order valence-corrected chi connectivity index (χ0v) is 19.1. The Bertz CT molecular complexity index is 1030. The summed E-state index contributed by atoms with van der Waals surface area (Å²) in [5.41, 5.74) is 0.905. The van der Waals surface area contributed by atoms with Crippen molar-refractivity contribution in [1.82, 2.24) is 9.80 Å². The molecular formula is C24H27ClN2O5. The van der Waals surface area contributed by atoms with E-state index in [4.69, 9.17) is 16.3 Å². The van der Waals surface area contributed by atoms with E-state index in [0.29, 0.717) is 30.0 Å². The maximum atomic E-state index is 13.0. The lowest BCUT2D eigenvalue weighted by atomic mass is 9.95. The van der Waals surface area contributed by atoms with Crippen LogP contribution in [0.1, 0.15) is 30.5 Å². The van der Waals surface area contributed by atoms with Crippen LogP contribution in [0.5, 0.6) is 11.5 Å². The van der Waals surface area contributed by atoms with E-state index in [2.05, 4.69) is 0 Å². The van der Waals surface area contributed by atoms with E-state index in [0.717, 1.165) is 6.42 Å². The quantitative estimate of drug-likeness (QED) is 0.355. The Morgan fingerprint density at radius 2 is 1.84 bits per heavy atom. The number of phenols is 1. The largest absolute Gasteiger partial charge is 0.507 e. The van der Waals surface area contributed by atoms with Gasteiger partial charge in [0.25, 0.3) is 11.7 Å². The molecule has 0 saturated carbocycles. The topological polar surface area (TPSA) is 90.3 Å². The Kier molecular flexibility index (Phi) is 7.43. The molecule has 1 fully saturated rings. The number of aliphatic hydroxyl groups excluding tert-OH is 1. The minimum Gasteiger partial charge on any atom is -0.507 e. The van der Waals surface area contributed by atoms with E-state index in [1.165, 1.54) is 17.0 Å². The highest BCUT2D eigenvalue weighted by atomic mass is 35.5. The van der Waals surface area contributed by atoms with Crippen LogP contribution in [0, 0.1) is 0 Å². The summed E-state index contributed by atoms with van der Waals surface area (Å²) < 4.78 is 5.57. The van der Waals surface area contributed by atoms with Crippen LogP contribution in [0.2, 0.25) is 5.02 Å². The van der Waals surface area contributed by atoms with E-state index in [1.807, 2.05) is 25.9 Å². The highest BCUT2D eigenvalue weighted by Crippen LogP contribution is 2.41. The Hall–Kier alpha value is -3.03. The lowest BCUT2D eigenvalue weighted by Crippen LogP contribution is -2.35. The minimum absolute atomic E-state index is 0.0160. The number of likely N-dealkylation sites (tertiary alicyclic amines) is 1. The van der Waals surface area contributed by atoms with Gasteiger partial charge in [0.05, 0.1) is 23.2 Å². The molecule has 1 heterocycles. The van der Waals surface area contributed by atoms with Crippen molar-refractivity contribution in [1.29, 1.82) is 0 Å². The zero-order valence-electron chi connectivity index (χ0n) is 18.3. The molecular weight excluding hydrogens is 432 g/mol. The molecule has 170 valence electrons. The van der Waals surface area contributed by atoms with Crippen LogP contribution in [0.4, 0.5) is 0 Å². The van der Waals surface area contributed by atoms with E-state index in [9.17, 15) is 19.8 Å². The average Bonchev–Trinajstić information content (AvgIpc) is 3.02. The van der Waals surface area contributed by atoms with Crippen molar-refractivity contribution in [2.45, 2.75) is 19.4 Å². The molecule has 1 amide bonds. The summed E-state index contributed by atoms with van der Waals surface area (Å²) in [5, 5.41) is 21.0. The number of hydrogen-bond acceptors (Lipinski definition) is 6. The Morgan fingerprint density at radius 1 is 1.16 bits per heavy atom. The third-order valence-corrected chi connectivity index (χ3v) is 5.52. The molecule has 1 unspecified atom stereocenters. The number of phenolic OH excluding ortho intramolecular Hbond substituents is 1. The number of likely N-dealkylation sites (N-methyl/N-ethyl adjacent to an activating group) is 1. The van der Waals surface area contributed by atoms with Gasteiger partial charge in [0.1, 0.15) is 17.3 Å². The van der Waals surface area contributed by atoms with Gasteiger partial charge in [0.2, 0.25) is 0 Å². The number of carbonyl (C=O) groups excluding carboxylic acids is 2. The first kappa shape index (κ1) is 23.6. The minimum atomic E-state index is -0.830. The molecule has 2 aromatic rings. The monoisotopic (exact) mass is 458 g/mol. The zero-order chi connectivity index (χ0) is 23.4. The number of rotatable bonds is 8. The van der Waals surface area contributed by atoms with Crippen LogP contribution in [0.3, 0.4) is 0 Å². The van der Waals surface area contributed by atoms with Crippen LogP contribution < -0.4 is 4.74 Å². The second kappa shape index (κ2) is 10.1. The SMILES string of the molecule is CCCOc1ccc(/C(O)=C2/C(=O)C(=O)N(CCN(C)C)C2c2ccc(O)c(Cl)c2)cc1. The third kappa shape index (κ3) is 4.89.